The summed E-state index contributed by atoms with van der Waals surface area (Å²) in [4.78, 5) is 9.26. The lowest BCUT2D eigenvalue weighted by Crippen LogP contribution is -2.48. The number of nitrogens with zero attached hydrogens (tertiary/aromatic N) is 3. The second-order valence-electron chi connectivity index (χ2n) is 3.61. The summed E-state index contributed by atoms with van der Waals surface area (Å²) in [7, 11) is 0. The minimum absolute atomic E-state index is 0.121. The minimum atomic E-state index is -0.552. The minimum Gasteiger partial charge on any atom is -0.394 e. The quantitative estimate of drug-likeness (QED) is 0.467. The molecule has 94 valence electrons. The molecule has 1 aromatic rings. The fourth-order valence-corrected chi connectivity index (χ4v) is 1.71. The Bertz CT molecular complexity index is 392. The lowest BCUT2D eigenvalue weighted by molar-refractivity contribution is 0.0719. The van der Waals surface area contributed by atoms with Crippen molar-refractivity contribution >= 4 is 11.8 Å². The number of rotatable bonds is 3. The van der Waals surface area contributed by atoms with Crippen LogP contribution in [0.25, 0.3) is 0 Å². The van der Waals surface area contributed by atoms with E-state index in [-0.39, 0.29) is 24.4 Å². The summed E-state index contributed by atoms with van der Waals surface area (Å²) < 4.78 is 18.9. The van der Waals surface area contributed by atoms with Crippen molar-refractivity contribution in [3.05, 3.63) is 12.0 Å². The SMILES string of the molecule is NNc1ncc(F)c(N2CCOCC2CO)n1. The predicted molar refractivity (Wildman–Crippen MR) is 58.8 cm³/mol. The summed E-state index contributed by atoms with van der Waals surface area (Å²) in [6.45, 7) is 1.13. The van der Waals surface area contributed by atoms with E-state index in [1.54, 1.807) is 4.90 Å². The van der Waals surface area contributed by atoms with E-state index in [1.807, 2.05) is 0 Å². The topological polar surface area (TPSA) is 96.5 Å². The number of halogens is 1. The van der Waals surface area contributed by atoms with Crippen molar-refractivity contribution in [3.8, 4) is 0 Å². The Labute approximate surface area is 97.4 Å². The number of hydrogen-bond acceptors (Lipinski definition) is 7. The van der Waals surface area contributed by atoms with Crippen LogP contribution in [-0.2, 0) is 4.74 Å². The maximum atomic E-state index is 13.6. The molecule has 8 heteroatoms. The van der Waals surface area contributed by atoms with Crippen LogP contribution in [-0.4, -0.2) is 47.5 Å². The van der Waals surface area contributed by atoms with Crippen molar-refractivity contribution in [1.82, 2.24) is 9.97 Å². The highest BCUT2D eigenvalue weighted by Gasteiger charge is 2.26. The van der Waals surface area contributed by atoms with Crippen molar-refractivity contribution in [2.45, 2.75) is 6.04 Å². The van der Waals surface area contributed by atoms with Crippen molar-refractivity contribution < 1.29 is 14.2 Å². The molecule has 17 heavy (non-hydrogen) atoms. The number of ether oxygens (including phenoxy) is 1. The highest BCUT2D eigenvalue weighted by atomic mass is 19.1. The third kappa shape index (κ3) is 2.43. The summed E-state index contributed by atoms with van der Waals surface area (Å²) in [6.07, 6.45) is 1.04. The molecule has 2 heterocycles. The number of aromatic nitrogens is 2. The summed E-state index contributed by atoms with van der Waals surface area (Å²) >= 11 is 0. The van der Waals surface area contributed by atoms with E-state index < -0.39 is 5.82 Å². The zero-order valence-corrected chi connectivity index (χ0v) is 9.14. The molecule has 4 N–H and O–H groups in total. The smallest absolute Gasteiger partial charge is 0.239 e. The highest BCUT2D eigenvalue weighted by Crippen LogP contribution is 2.21. The third-order valence-electron chi connectivity index (χ3n) is 2.57. The lowest BCUT2D eigenvalue weighted by Gasteiger charge is -2.35. The van der Waals surface area contributed by atoms with Gasteiger partial charge in [-0.2, -0.15) is 4.98 Å². The van der Waals surface area contributed by atoms with Gasteiger partial charge in [0.15, 0.2) is 11.6 Å². The van der Waals surface area contributed by atoms with Gasteiger partial charge in [0.05, 0.1) is 32.1 Å². The van der Waals surface area contributed by atoms with Crippen LogP contribution in [0.15, 0.2) is 6.20 Å². The maximum absolute atomic E-state index is 13.6. The molecule has 1 fully saturated rings. The van der Waals surface area contributed by atoms with Crippen LogP contribution in [0.5, 0.6) is 0 Å². The Morgan fingerprint density at radius 1 is 1.71 bits per heavy atom. The Balaban J connectivity index is 2.30. The number of aliphatic hydroxyl groups excluding tert-OH is 1. The van der Waals surface area contributed by atoms with E-state index in [0.717, 1.165) is 6.20 Å². The Morgan fingerprint density at radius 3 is 3.24 bits per heavy atom. The molecule has 0 spiro atoms. The molecule has 1 aliphatic rings. The number of hydrogen-bond donors (Lipinski definition) is 3. The number of morpholine rings is 1. The van der Waals surface area contributed by atoms with E-state index in [1.165, 1.54) is 0 Å². The second kappa shape index (κ2) is 5.21. The van der Waals surface area contributed by atoms with E-state index in [4.69, 9.17) is 10.6 Å². The standard InChI is InChI=1S/C9H14FN5O2/c10-7-3-12-9(14-11)13-8(7)15-1-2-17-5-6(15)4-16/h3,6,16H,1-2,4-5,11H2,(H,12,13,14). The van der Waals surface area contributed by atoms with Crippen LogP contribution in [0.1, 0.15) is 0 Å². The monoisotopic (exact) mass is 243 g/mol. The zero-order chi connectivity index (χ0) is 12.3. The largest absolute Gasteiger partial charge is 0.394 e. The first-order chi connectivity index (χ1) is 8.26. The lowest BCUT2D eigenvalue weighted by atomic mass is 10.2. The molecular formula is C9H14FN5O2. The number of hydrazine groups is 1. The predicted octanol–water partition coefficient (Wildman–Crippen LogP) is -0.901. The van der Waals surface area contributed by atoms with E-state index in [0.29, 0.717) is 19.8 Å². The Morgan fingerprint density at radius 2 is 2.53 bits per heavy atom. The molecule has 2 rings (SSSR count). The number of nitrogens with one attached hydrogen (secondary N) is 1. The van der Waals surface area contributed by atoms with Gasteiger partial charge in [0.2, 0.25) is 5.95 Å². The molecular weight excluding hydrogens is 229 g/mol. The molecule has 1 aromatic heterocycles. The average Bonchev–Trinajstić information content (AvgIpc) is 2.39. The summed E-state index contributed by atoms with van der Waals surface area (Å²) in [5, 5.41) is 9.21. The molecule has 1 aliphatic heterocycles. The molecule has 1 atom stereocenters. The van der Waals surface area contributed by atoms with Crippen LogP contribution in [0.4, 0.5) is 16.2 Å². The number of anilines is 2. The van der Waals surface area contributed by atoms with Gasteiger partial charge in [0.1, 0.15) is 0 Å². The van der Waals surface area contributed by atoms with Gasteiger partial charge < -0.3 is 14.7 Å². The summed E-state index contributed by atoms with van der Waals surface area (Å²) in [5.41, 5.74) is 2.26. The number of nitrogens with two attached hydrogens (primary N) is 1. The van der Waals surface area contributed by atoms with Crippen LogP contribution >= 0.6 is 0 Å². The van der Waals surface area contributed by atoms with Gasteiger partial charge in [-0.1, -0.05) is 0 Å². The van der Waals surface area contributed by atoms with Gasteiger partial charge >= 0.3 is 0 Å². The highest BCUT2D eigenvalue weighted by molar-refractivity contribution is 5.45. The fourth-order valence-electron chi connectivity index (χ4n) is 1.71. The van der Waals surface area contributed by atoms with E-state index >= 15 is 0 Å². The Kier molecular flexibility index (Phi) is 3.67. The van der Waals surface area contributed by atoms with Crippen LogP contribution in [0.3, 0.4) is 0 Å². The number of aliphatic hydroxyl groups is 1. The van der Waals surface area contributed by atoms with Gasteiger partial charge in [0.25, 0.3) is 0 Å². The van der Waals surface area contributed by atoms with Crippen LogP contribution < -0.4 is 16.2 Å². The second-order valence-corrected chi connectivity index (χ2v) is 3.61. The van der Waals surface area contributed by atoms with Crippen LogP contribution in [0, 0.1) is 5.82 Å². The Hall–Kier alpha value is -1.51. The first-order valence-corrected chi connectivity index (χ1v) is 5.20. The first kappa shape index (κ1) is 12.0. The molecule has 0 saturated carbocycles. The average molecular weight is 243 g/mol. The molecule has 1 unspecified atom stereocenters. The molecule has 0 aliphatic carbocycles. The molecule has 7 nitrogen and oxygen atoms in total. The van der Waals surface area contributed by atoms with Gasteiger partial charge in [-0.25, -0.2) is 15.2 Å². The van der Waals surface area contributed by atoms with E-state index in [2.05, 4.69) is 15.4 Å². The van der Waals surface area contributed by atoms with Crippen molar-refractivity contribution in [1.29, 1.82) is 0 Å². The van der Waals surface area contributed by atoms with Gasteiger partial charge in [-0.05, 0) is 0 Å². The molecule has 1 saturated heterocycles. The molecule has 0 amide bonds. The molecule has 0 radical (unpaired) electrons. The molecule has 0 aromatic carbocycles. The third-order valence-corrected chi connectivity index (χ3v) is 2.57. The van der Waals surface area contributed by atoms with Crippen molar-refractivity contribution in [2.24, 2.45) is 5.84 Å². The zero-order valence-electron chi connectivity index (χ0n) is 9.14. The van der Waals surface area contributed by atoms with Crippen molar-refractivity contribution in [2.75, 3.05) is 36.7 Å². The first-order valence-electron chi connectivity index (χ1n) is 5.20. The maximum Gasteiger partial charge on any atom is 0.239 e. The molecule has 0 bridgehead atoms. The van der Waals surface area contributed by atoms with Gasteiger partial charge in [-0.3, -0.25) is 5.43 Å². The van der Waals surface area contributed by atoms with Gasteiger partial charge in [0, 0.05) is 6.54 Å². The summed E-state index contributed by atoms with van der Waals surface area (Å²) in [5.74, 6) is 4.87. The summed E-state index contributed by atoms with van der Waals surface area (Å²) in [6, 6.07) is -0.307. The van der Waals surface area contributed by atoms with E-state index in [9.17, 15) is 9.50 Å². The van der Waals surface area contributed by atoms with Crippen LogP contribution in [0.2, 0.25) is 0 Å². The van der Waals surface area contributed by atoms with Gasteiger partial charge in [-0.15, -0.1) is 0 Å². The normalized spacial score (nSPS) is 20.4. The van der Waals surface area contributed by atoms with Crippen molar-refractivity contribution in [3.63, 3.8) is 0 Å². The number of nitrogen functional groups attached to an aromatic ring is 1. The fraction of sp³-hybridized carbons (Fsp3) is 0.556.